The Morgan fingerprint density at radius 1 is 1.29 bits per heavy atom. The number of hydrogen-bond acceptors (Lipinski definition) is 4. The van der Waals surface area contributed by atoms with Gasteiger partial charge in [-0.15, -0.1) is 0 Å². The van der Waals surface area contributed by atoms with Crippen LogP contribution in [-0.4, -0.2) is 58.2 Å². The topological polar surface area (TPSA) is 102 Å². The van der Waals surface area contributed by atoms with Crippen molar-refractivity contribution in [2.24, 2.45) is 5.92 Å². The van der Waals surface area contributed by atoms with Gasteiger partial charge in [-0.1, -0.05) is 13.0 Å². The molecule has 31 heavy (non-hydrogen) atoms. The second-order valence-corrected chi connectivity index (χ2v) is 8.17. The number of anilines is 2. The summed E-state index contributed by atoms with van der Waals surface area (Å²) < 4.78 is 0. The molecule has 2 aromatic heterocycles. The number of nitrogens with zero attached hydrogens (tertiary/aromatic N) is 3. The highest BCUT2D eigenvalue weighted by Gasteiger charge is 2.32. The average Bonchev–Trinajstić information content (AvgIpc) is 3.23. The van der Waals surface area contributed by atoms with Crippen LogP contribution in [0.15, 0.2) is 42.7 Å². The largest absolute Gasteiger partial charge is 0.478 e. The van der Waals surface area contributed by atoms with Crippen LogP contribution in [0.4, 0.5) is 16.2 Å². The molecule has 0 aliphatic carbocycles. The zero-order valence-electron chi connectivity index (χ0n) is 17.9. The molecular formula is C23H27N5O3. The fourth-order valence-electron chi connectivity index (χ4n) is 4.37. The van der Waals surface area contributed by atoms with Gasteiger partial charge in [-0.25, -0.2) is 14.6 Å². The van der Waals surface area contributed by atoms with Crippen molar-refractivity contribution in [2.75, 3.05) is 30.4 Å². The quantitative estimate of drug-likeness (QED) is 0.592. The molecule has 1 aliphatic rings. The van der Waals surface area contributed by atoms with Crippen molar-refractivity contribution in [3.63, 3.8) is 0 Å². The van der Waals surface area contributed by atoms with Crippen LogP contribution in [0.25, 0.3) is 11.0 Å². The summed E-state index contributed by atoms with van der Waals surface area (Å²) in [6.07, 6.45) is 4.56. The molecule has 0 radical (unpaired) electrons. The molecule has 2 atom stereocenters. The van der Waals surface area contributed by atoms with E-state index < -0.39 is 5.97 Å². The summed E-state index contributed by atoms with van der Waals surface area (Å²) in [5, 5.41) is 13.3. The Labute approximate surface area is 180 Å². The van der Waals surface area contributed by atoms with E-state index in [1.165, 1.54) is 6.07 Å². The SMILES string of the molecule is Cc1c(NC(=O)N2CC[C@@H](C)[C@@H](N(C)c3ccnc4[nH]ccc34)C2)cccc1C(=O)O. The molecule has 0 unspecified atom stereocenters. The number of likely N-dealkylation sites (N-methyl/N-ethyl adjacent to an activating group) is 1. The molecule has 1 aromatic carbocycles. The Balaban J connectivity index is 1.52. The first-order valence-corrected chi connectivity index (χ1v) is 10.4. The summed E-state index contributed by atoms with van der Waals surface area (Å²) in [4.78, 5) is 36.0. The fourth-order valence-corrected chi connectivity index (χ4v) is 4.37. The van der Waals surface area contributed by atoms with Crippen LogP contribution in [0.5, 0.6) is 0 Å². The van der Waals surface area contributed by atoms with Crippen molar-refractivity contribution >= 4 is 34.4 Å². The third-order valence-corrected chi connectivity index (χ3v) is 6.33. The minimum absolute atomic E-state index is 0.145. The lowest BCUT2D eigenvalue weighted by atomic mass is 9.92. The van der Waals surface area contributed by atoms with Crippen molar-refractivity contribution in [3.05, 3.63) is 53.9 Å². The number of pyridine rings is 1. The zero-order valence-corrected chi connectivity index (χ0v) is 17.9. The van der Waals surface area contributed by atoms with Crippen molar-refractivity contribution < 1.29 is 14.7 Å². The summed E-state index contributed by atoms with van der Waals surface area (Å²) in [5.41, 5.74) is 3.19. The van der Waals surface area contributed by atoms with Crippen LogP contribution < -0.4 is 10.2 Å². The number of likely N-dealkylation sites (tertiary alicyclic amines) is 1. The molecule has 1 aliphatic heterocycles. The number of carboxylic acid groups (broad SMARTS) is 1. The van der Waals surface area contributed by atoms with E-state index >= 15 is 0 Å². The van der Waals surface area contributed by atoms with Crippen LogP contribution >= 0.6 is 0 Å². The normalized spacial score (nSPS) is 18.7. The highest BCUT2D eigenvalue weighted by Crippen LogP contribution is 2.30. The van der Waals surface area contributed by atoms with Gasteiger partial charge in [0.2, 0.25) is 0 Å². The van der Waals surface area contributed by atoms with Crippen LogP contribution in [0.3, 0.4) is 0 Å². The Kier molecular flexibility index (Phi) is 5.54. The first-order chi connectivity index (χ1) is 14.9. The maximum absolute atomic E-state index is 13.0. The van der Waals surface area contributed by atoms with Crippen molar-refractivity contribution in [1.82, 2.24) is 14.9 Å². The molecule has 3 heterocycles. The number of nitrogens with one attached hydrogen (secondary N) is 2. The average molecular weight is 422 g/mol. The smallest absolute Gasteiger partial charge is 0.336 e. The van der Waals surface area contributed by atoms with Gasteiger partial charge < -0.3 is 25.2 Å². The van der Waals surface area contributed by atoms with Crippen molar-refractivity contribution in [2.45, 2.75) is 26.3 Å². The van der Waals surface area contributed by atoms with E-state index in [2.05, 4.69) is 34.2 Å². The Bertz CT molecular complexity index is 1130. The number of rotatable bonds is 4. The van der Waals surface area contributed by atoms with Gasteiger partial charge in [0.1, 0.15) is 5.65 Å². The number of aromatic amines is 1. The molecule has 2 amide bonds. The van der Waals surface area contributed by atoms with Gasteiger partial charge in [0, 0.05) is 55.3 Å². The van der Waals surface area contributed by atoms with E-state index in [-0.39, 0.29) is 17.6 Å². The number of piperidine rings is 1. The molecule has 0 saturated carbocycles. The van der Waals surface area contributed by atoms with Gasteiger partial charge >= 0.3 is 12.0 Å². The van der Waals surface area contributed by atoms with Crippen LogP contribution in [0, 0.1) is 12.8 Å². The lowest BCUT2D eigenvalue weighted by Crippen LogP contribution is -2.53. The van der Waals surface area contributed by atoms with Gasteiger partial charge in [0.25, 0.3) is 0 Å². The van der Waals surface area contributed by atoms with Crippen molar-refractivity contribution in [3.8, 4) is 0 Å². The number of urea groups is 1. The van der Waals surface area contributed by atoms with Gasteiger partial charge in [-0.3, -0.25) is 0 Å². The summed E-state index contributed by atoms with van der Waals surface area (Å²) >= 11 is 0. The molecule has 3 aromatic rings. The predicted octanol–water partition coefficient (Wildman–Crippen LogP) is 3.95. The number of aromatic nitrogens is 2. The van der Waals surface area contributed by atoms with E-state index in [9.17, 15) is 14.7 Å². The molecule has 1 fully saturated rings. The molecule has 3 N–H and O–H groups in total. The minimum atomic E-state index is -1.00. The second kappa shape index (κ2) is 8.29. The third-order valence-electron chi connectivity index (χ3n) is 6.33. The highest BCUT2D eigenvalue weighted by molar-refractivity contribution is 5.95. The molecule has 0 spiro atoms. The number of aromatic carboxylic acids is 1. The lowest BCUT2D eigenvalue weighted by molar-refractivity contribution is 0.0696. The van der Waals surface area contributed by atoms with E-state index in [1.54, 1.807) is 25.3 Å². The third kappa shape index (κ3) is 3.93. The van der Waals surface area contributed by atoms with Crippen LogP contribution in [0.1, 0.15) is 29.3 Å². The summed E-state index contributed by atoms with van der Waals surface area (Å²) in [6.45, 7) is 5.16. The molecule has 4 rings (SSSR count). The maximum atomic E-state index is 13.0. The number of hydrogen-bond donors (Lipinski definition) is 3. The minimum Gasteiger partial charge on any atom is -0.478 e. The number of benzene rings is 1. The molecule has 8 heteroatoms. The standard InChI is InChI=1S/C23H27N5O3/c1-14-9-12-28(23(31)26-18-6-4-5-16(15(18)2)22(29)30)13-20(14)27(3)19-8-11-25-21-17(19)7-10-24-21/h4-8,10-11,14,20H,9,12-13H2,1-3H3,(H,24,25)(H,26,31)(H,29,30)/t14-,20+/m1/s1. The molecule has 8 nitrogen and oxygen atoms in total. The monoisotopic (exact) mass is 421 g/mol. The molecule has 162 valence electrons. The van der Waals surface area contributed by atoms with E-state index in [1.807, 2.05) is 23.2 Å². The second-order valence-electron chi connectivity index (χ2n) is 8.17. The summed E-state index contributed by atoms with van der Waals surface area (Å²) in [7, 11) is 2.06. The number of carbonyl (C=O) groups is 2. The Morgan fingerprint density at radius 2 is 2.10 bits per heavy atom. The summed E-state index contributed by atoms with van der Waals surface area (Å²) in [5.74, 6) is -0.594. The first-order valence-electron chi connectivity index (χ1n) is 10.4. The molecule has 1 saturated heterocycles. The van der Waals surface area contributed by atoms with Gasteiger partial charge in [0.05, 0.1) is 5.56 Å². The fraction of sp³-hybridized carbons (Fsp3) is 0.348. The van der Waals surface area contributed by atoms with Gasteiger partial charge in [-0.2, -0.15) is 0 Å². The number of fused-ring (bicyclic) bond motifs is 1. The maximum Gasteiger partial charge on any atom is 0.336 e. The van der Waals surface area contributed by atoms with Crippen LogP contribution in [0.2, 0.25) is 0 Å². The Morgan fingerprint density at radius 3 is 2.87 bits per heavy atom. The lowest BCUT2D eigenvalue weighted by Gasteiger charge is -2.42. The zero-order chi connectivity index (χ0) is 22.1. The van der Waals surface area contributed by atoms with Gasteiger partial charge in [-0.05, 0) is 49.1 Å². The number of amides is 2. The highest BCUT2D eigenvalue weighted by atomic mass is 16.4. The van der Waals surface area contributed by atoms with E-state index in [4.69, 9.17) is 0 Å². The predicted molar refractivity (Wildman–Crippen MR) is 121 cm³/mol. The summed E-state index contributed by atoms with van der Waals surface area (Å²) in [6, 6.07) is 8.87. The van der Waals surface area contributed by atoms with Crippen molar-refractivity contribution in [1.29, 1.82) is 0 Å². The van der Waals surface area contributed by atoms with E-state index in [0.29, 0.717) is 30.3 Å². The Hall–Kier alpha value is -3.55. The molecular weight excluding hydrogens is 394 g/mol. The number of H-pyrrole nitrogens is 1. The van der Waals surface area contributed by atoms with Gasteiger partial charge in [0.15, 0.2) is 0 Å². The number of carbonyl (C=O) groups excluding carboxylic acids is 1. The first kappa shape index (κ1) is 20.7. The number of carboxylic acids is 1. The van der Waals surface area contributed by atoms with E-state index in [0.717, 1.165) is 23.1 Å². The van der Waals surface area contributed by atoms with Crippen LogP contribution in [-0.2, 0) is 0 Å². The molecule has 0 bridgehead atoms.